The third kappa shape index (κ3) is 6.17. The number of aromatic nitrogens is 3. The molecule has 3 aromatic carbocycles. The van der Waals surface area contributed by atoms with Crippen molar-refractivity contribution in [3.05, 3.63) is 84.2 Å². The van der Waals surface area contributed by atoms with E-state index in [1.165, 1.54) is 26.0 Å². The largest absolute Gasteiger partial charge is 0.493 e. The number of anilines is 1. The number of carbonyl (C=O) groups is 1. The first-order valence-electron chi connectivity index (χ1n) is 11.7. The van der Waals surface area contributed by atoms with E-state index in [1.807, 2.05) is 37.3 Å². The summed E-state index contributed by atoms with van der Waals surface area (Å²) in [5.74, 6) is 0.696. The summed E-state index contributed by atoms with van der Waals surface area (Å²) in [6.45, 7) is 3.64. The van der Waals surface area contributed by atoms with Gasteiger partial charge in [-0.1, -0.05) is 47.7 Å². The van der Waals surface area contributed by atoms with Gasteiger partial charge in [-0.3, -0.25) is 9.36 Å². The highest BCUT2D eigenvalue weighted by atomic mass is 32.2. The molecule has 1 aromatic heterocycles. The van der Waals surface area contributed by atoms with Crippen LogP contribution in [0.15, 0.2) is 82.8 Å². The number of para-hydroxylation sites is 1. The number of hydrogen-bond acceptors (Lipinski definition) is 8. The first-order chi connectivity index (χ1) is 18.2. The van der Waals surface area contributed by atoms with Gasteiger partial charge in [0.15, 0.2) is 32.3 Å². The summed E-state index contributed by atoms with van der Waals surface area (Å²) in [6, 6.07) is 21.0. The lowest BCUT2D eigenvalue weighted by atomic mass is 10.2. The average Bonchev–Trinajstić information content (AvgIpc) is 3.30. The Labute approximate surface area is 226 Å². The predicted octanol–water partition coefficient (Wildman–Crippen LogP) is 4.69. The van der Waals surface area contributed by atoms with Gasteiger partial charge in [-0.25, -0.2) is 8.42 Å². The van der Waals surface area contributed by atoms with Crippen LogP contribution < -0.4 is 14.8 Å². The minimum atomic E-state index is -3.68. The van der Waals surface area contributed by atoms with Crippen LogP contribution in [0.5, 0.6) is 11.5 Å². The summed E-state index contributed by atoms with van der Waals surface area (Å²) < 4.78 is 38.6. The highest BCUT2D eigenvalue weighted by Crippen LogP contribution is 2.31. The van der Waals surface area contributed by atoms with E-state index < -0.39 is 15.1 Å². The summed E-state index contributed by atoms with van der Waals surface area (Å²) in [6.07, 6.45) is 0. The second-order valence-corrected chi connectivity index (χ2v) is 11.8. The Morgan fingerprint density at radius 2 is 1.66 bits per heavy atom. The van der Waals surface area contributed by atoms with Crippen molar-refractivity contribution in [3.8, 4) is 17.2 Å². The van der Waals surface area contributed by atoms with Crippen LogP contribution in [0.1, 0.15) is 18.3 Å². The van der Waals surface area contributed by atoms with Crippen LogP contribution in [0.4, 0.5) is 5.69 Å². The number of hydrogen-bond donors (Lipinski definition) is 1. The maximum absolute atomic E-state index is 13.2. The average molecular weight is 553 g/mol. The summed E-state index contributed by atoms with van der Waals surface area (Å²) in [7, 11) is -0.617. The SMILES string of the molecule is COc1ccc(NC(=O)C(C)Sc2nnc(CS(=O)(=O)c3ccc(C)cc3)n2-c2ccccc2)cc1OC. The molecule has 9 nitrogen and oxygen atoms in total. The lowest BCUT2D eigenvalue weighted by Crippen LogP contribution is -2.23. The van der Waals surface area contributed by atoms with E-state index in [1.54, 1.807) is 54.0 Å². The van der Waals surface area contributed by atoms with Crippen molar-refractivity contribution in [2.24, 2.45) is 0 Å². The van der Waals surface area contributed by atoms with Crippen molar-refractivity contribution < 1.29 is 22.7 Å². The number of ether oxygens (including phenoxy) is 2. The molecule has 0 saturated heterocycles. The zero-order valence-electron chi connectivity index (χ0n) is 21.4. The van der Waals surface area contributed by atoms with Gasteiger partial charge in [0.05, 0.1) is 24.4 Å². The van der Waals surface area contributed by atoms with E-state index in [9.17, 15) is 13.2 Å². The molecule has 0 aliphatic carbocycles. The Hall–Kier alpha value is -3.83. The van der Waals surface area contributed by atoms with Crippen molar-refractivity contribution in [2.45, 2.75) is 34.9 Å². The van der Waals surface area contributed by atoms with Crippen LogP contribution in [-0.2, 0) is 20.4 Å². The summed E-state index contributed by atoms with van der Waals surface area (Å²) in [5, 5.41) is 11.2. The van der Waals surface area contributed by atoms with E-state index >= 15 is 0 Å². The van der Waals surface area contributed by atoms with Gasteiger partial charge in [-0.05, 0) is 50.2 Å². The van der Waals surface area contributed by atoms with Crippen molar-refractivity contribution in [3.63, 3.8) is 0 Å². The van der Waals surface area contributed by atoms with Gasteiger partial charge in [0.2, 0.25) is 5.91 Å². The second kappa shape index (κ2) is 11.7. The lowest BCUT2D eigenvalue weighted by molar-refractivity contribution is -0.115. The maximum Gasteiger partial charge on any atom is 0.237 e. The van der Waals surface area contributed by atoms with E-state index in [-0.39, 0.29) is 22.4 Å². The van der Waals surface area contributed by atoms with Gasteiger partial charge in [-0.15, -0.1) is 10.2 Å². The maximum atomic E-state index is 13.2. The van der Waals surface area contributed by atoms with Crippen LogP contribution in [-0.4, -0.2) is 48.6 Å². The van der Waals surface area contributed by atoms with Crippen LogP contribution in [0, 0.1) is 6.92 Å². The van der Waals surface area contributed by atoms with E-state index in [0.717, 1.165) is 5.56 Å². The van der Waals surface area contributed by atoms with Gasteiger partial charge in [0.1, 0.15) is 5.75 Å². The molecule has 1 atom stereocenters. The zero-order chi connectivity index (χ0) is 27.3. The van der Waals surface area contributed by atoms with E-state index in [4.69, 9.17) is 9.47 Å². The number of methoxy groups -OCH3 is 2. The number of rotatable bonds is 10. The number of amides is 1. The number of aryl methyl sites for hydroxylation is 1. The van der Waals surface area contributed by atoms with Crippen LogP contribution in [0.25, 0.3) is 5.69 Å². The van der Waals surface area contributed by atoms with Crippen molar-refractivity contribution in [1.29, 1.82) is 0 Å². The molecule has 11 heteroatoms. The third-order valence-electron chi connectivity index (χ3n) is 5.72. The summed E-state index contributed by atoms with van der Waals surface area (Å²) in [4.78, 5) is 13.2. The molecule has 0 bridgehead atoms. The van der Waals surface area contributed by atoms with E-state index in [2.05, 4.69) is 15.5 Å². The van der Waals surface area contributed by atoms with E-state index in [0.29, 0.717) is 28.0 Å². The number of nitrogens with one attached hydrogen (secondary N) is 1. The van der Waals surface area contributed by atoms with Crippen molar-refractivity contribution >= 4 is 33.2 Å². The standard InChI is InChI=1S/C27H28N4O5S2/c1-18-10-13-22(14-11-18)38(33,34)17-25-29-30-27(31(25)21-8-6-5-7-9-21)37-19(2)26(32)28-20-12-15-23(35-3)24(16-20)36-4/h5-16,19H,17H2,1-4H3,(H,28,32). The Bertz CT molecular complexity index is 1520. The lowest BCUT2D eigenvalue weighted by Gasteiger charge is -2.15. The topological polar surface area (TPSA) is 112 Å². The third-order valence-corrected chi connectivity index (χ3v) is 8.39. The molecule has 38 heavy (non-hydrogen) atoms. The van der Waals surface area contributed by atoms with Crippen LogP contribution in [0.3, 0.4) is 0 Å². The monoisotopic (exact) mass is 552 g/mol. The molecule has 1 amide bonds. The molecule has 0 spiro atoms. The van der Waals surface area contributed by atoms with Gasteiger partial charge < -0.3 is 14.8 Å². The summed E-state index contributed by atoms with van der Waals surface area (Å²) >= 11 is 1.18. The number of benzene rings is 3. The molecule has 0 aliphatic rings. The van der Waals surface area contributed by atoms with Crippen LogP contribution in [0.2, 0.25) is 0 Å². The Morgan fingerprint density at radius 3 is 2.32 bits per heavy atom. The molecule has 0 saturated carbocycles. The molecule has 1 heterocycles. The summed E-state index contributed by atoms with van der Waals surface area (Å²) in [5.41, 5.74) is 2.21. The quantitative estimate of drug-likeness (QED) is 0.282. The smallest absolute Gasteiger partial charge is 0.237 e. The van der Waals surface area contributed by atoms with Gasteiger partial charge in [-0.2, -0.15) is 0 Å². The molecule has 198 valence electrons. The van der Waals surface area contributed by atoms with Gasteiger partial charge in [0, 0.05) is 17.4 Å². The predicted molar refractivity (Wildman–Crippen MR) is 147 cm³/mol. The zero-order valence-corrected chi connectivity index (χ0v) is 23.0. The fourth-order valence-electron chi connectivity index (χ4n) is 3.67. The molecular weight excluding hydrogens is 524 g/mol. The highest BCUT2D eigenvalue weighted by Gasteiger charge is 2.25. The second-order valence-electron chi connectivity index (χ2n) is 8.46. The van der Waals surface area contributed by atoms with Crippen LogP contribution >= 0.6 is 11.8 Å². The Balaban J connectivity index is 1.59. The number of nitrogens with zero attached hydrogens (tertiary/aromatic N) is 3. The molecule has 0 aliphatic heterocycles. The molecule has 4 aromatic rings. The normalized spacial score (nSPS) is 12.1. The molecule has 0 radical (unpaired) electrons. The molecule has 0 fully saturated rings. The molecule has 1 N–H and O–H groups in total. The van der Waals surface area contributed by atoms with Crippen molar-refractivity contribution in [2.75, 3.05) is 19.5 Å². The first-order valence-corrected chi connectivity index (χ1v) is 14.2. The molecule has 4 rings (SSSR count). The minimum absolute atomic E-state index is 0.211. The highest BCUT2D eigenvalue weighted by molar-refractivity contribution is 8.00. The number of carbonyl (C=O) groups excluding carboxylic acids is 1. The molecule has 1 unspecified atom stereocenters. The minimum Gasteiger partial charge on any atom is -0.493 e. The number of thioether (sulfide) groups is 1. The Kier molecular flexibility index (Phi) is 8.38. The Morgan fingerprint density at radius 1 is 0.974 bits per heavy atom. The first kappa shape index (κ1) is 27.2. The fourth-order valence-corrected chi connectivity index (χ4v) is 5.81. The molecular formula is C27H28N4O5S2. The van der Waals surface area contributed by atoms with Crippen molar-refractivity contribution in [1.82, 2.24) is 14.8 Å². The van der Waals surface area contributed by atoms with Gasteiger partial charge in [0.25, 0.3) is 0 Å². The number of sulfone groups is 1. The van der Waals surface area contributed by atoms with Gasteiger partial charge >= 0.3 is 0 Å². The fraction of sp³-hybridized carbons (Fsp3) is 0.222.